The van der Waals surface area contributed by atoms with E-state index in [1.54, 1.807) is 24.3 Å². The molecule has 8 heteroatoms. The molecule has 27 heavy (non-hydrogen) atoms. The Labute approximate surface area is 167 Å². The summed E-state index contributed by atoms with van der Waals surface area (Å²) in [5.41, 5.74) is 0.557. The van der Waals surface area contributed by atoms with Crippen LogP contribution in [-0.4, -0.2) is 28.7 Å². The molecule has 6 nitrogen and oxygen atoms in total. The summed E-state index contributed by atoms with van der Waals surface area (Å²) >= 11 is 10.9. The Hall–Kier alpha value is -2.64. The second-order valence-electron chi connectivity index (χ2n) is 5.63. The monoisotopic (exact) mass is 406 g/mol. The van der Waals surface area contributed by atoms with Crippen LogP contribution in [0.5, 0.6) is 5.75 Å². The van der Waals surface area contributed by atoms with E-state index < -0.39 is 11.9 Å². The first kappa shape index (κ1) is 20.7. The van der Waals surface area contributed by atoms with Gasteiger partial charge in [-0.3, -0.25) is 10.1 Å². The quantitative estimate of drug-likeness (QED) is 0.468. The van der Waals surface area contributed by atoms with E-state index in [-0.39, 0.29) is 21.4 Å². The SMILES string of the molecule is CCCCOc1cccc(C(=O)NC(=S)Nc2ccc(Cl)cc2C(=O)O)c1. The summed E-state index contributed by atoms with van der Waals surface area (Å²) in [6, 6.07) is 11.1. The molecule has 142 valence electrons. The smallest absolute Gasteiger partial charge is 0.337 e. The van der Waals surface area contributed by atoms with Gasteiger partial charge in [-0.2, -0.15) is 0 Å². The fraction of sp³-hybridized carbons (Fsp3) is 0.211. The van der Waals surface area contributed by atoms with Gasteiger partial charge < -0.3 is 15.2 Å². The average Bonchev–Trinajstić information content (AvgIpc) is 2.63. The molecule has 0 aromatic heterocycles. The molecule has 0 spiro atoms. The lowest BCUT2D eigenvalue weighted by Gasteiger charge is -2.12. The van der Waals surface area contributed by atoms with E-state index in [9.17, 15) is 14.7 Å². The van der Waals surface area contributed by atoms with E-state index in [1.807, 2.05) is 0 Å². The van der Waals surface area contributed by atoms with E-state index >= 15 is 0 Å². The van der Waals surface area contributed by atoms with E-state index in [2.05, 4.69) is 17.6 Å². The van der Waals surface area contributed by atoms with Gasteiger partial charge in [0.1, 0.15) is 5.75 Å². The molecule has 2 aromatic carbocycles. The third-order valence-corrected chi connectivity index (χ3v) is 3.99. The molecule has 0 fully saturated rings. The molecule has 2 aromatic rings. The lowest BCUT2D eigenvalue weighted by molar-refractivity contribution is 0.0697. The summed E-state index contributed by atoms with van der Waals surface area (Å²) in [4.78, 5) is 23.7. The van der Waals surface area contributed by atoms with Gasteiger partial charge in [-0.15, -0.1) is 0 Å². The van der Waals surface area contributed by atoms with Gasteiger partial charge in [-0.05, 0) is 55.0 Å². The lowest BCUT2D eigenvalue weighted by Crippen LogP contribution is -2.34. The normalized spacial score (nSPS) is 10.1. The van der Waals surface area contributed by atoms with Crippen LogP contribution in [0.25, 0.3) is 0 Å². The number of hydrogen-bond acceptors (Lipinski definition) is 4. The van der Waals surface area contributed by atoms with Crippen molar-refractivity contribution in [2.75, 3.05) is 11.9 Å². The van der Waals surface area contributed by atoms with Gasteiger partial charge in [0.25, 0.3) is 5.91 Å². The molecule has 3 N–H and O–H groups in total. The number of carboxylic acids is 1. The van der Waals surface area contributed by atoms with Crippen molar-refractivity contribution < 1.29 is 19.4 Å². The summed E-state index contributed by atoms with van der Waals surface area (Å²) < 4.78 is 5.58. The first-order valence-corrected chi connectivity index (χ1v) is 9.07. The first-order valence-electron chi connectivity index (χ1n) is 8.28. The van der Waals surface area contributed by atoms with Crippen LogP contribution in [0.4, 0.5) is 5.69 Å². The van der Waals surface area contributed by atoms with Crippen molar-refractivity contribution in [2.24, 2.45) is 0 Å². The van der Waals surface area contributed by atoms with Gasteiger partial charge in [-0.25, -0.2) is 4.79 Å². The van der Waals surface area contributed by atoms with Crippen LogP contribution in [0.1, 0.15) is 40.5 Å². The number of rotatable bonds is 7. The third kappa shape index (κ3) is 6.23. The van der Waals surface area contributed by atoms with Gasteiger partial charge in [0.05, 0.1) is 17.9 Å². The molecule has 0 saturated heterocycles. The molecule has 0 radical (unpaired) electrons. The zero-order valence-corrected chi connectivity index (χ0v) is 16.2. The lowest BCUT2D eigenvalue weighted by atomic mass is 10.2. The number of carbonyl (C=O) groups excluding carboxylic acids is 1. The maximum absolute atomic E-state index is 12.4. The number of anilines is 1. The van der Waals surface area contributed by atoms with E-state index in [0.717, 1.165) is 12.8 Å². The summed E-state index contributed by atoms with van der Waals surface area (Å²) in [6.45, 7) is 2.65. The molecule has 0 atom stereocenters. The highest BCUT2D eigenvalue weighted by atomic mass is 35.5. The highest BCUT2D eigenvalue weighted by Gasteiger charge is 2.14. The number of amides is 1. The summed E-state index contributed by atoms with van der Waals surface area (Å²) in [5.74, 6) is -0.994. The molecule has 0 aliphatic carbocycles. The fourth-order valence-corrected chi connectivity index (χ4v) is 2.57. The van der Waals surface area contributed by atoms with Gasteiger partial charge in [0, 0.05) is 10.6 Å². The second kappa shape index (κ2) is 9.89. The van der Waals surface area contributed by atoms with Crippen LogP contribution in [-0.2, 0) is 0 Å². The zero-order valence-electron chi connectivity index (χ0n) is 14.6. The van der Waals surface area contributed by atoms with Crippen molar-refractivity contribution in [2.45, 2.75) is 19.8 Å². The van der Waals surface area contributed by atoms with E-state index in [4.69, 9.17) is 28.6 Å². The second-order valence-corrected chi connectivity index (χ2v) is 6.48. The molecule has 0 aliphatic heterocycles. The Bertz CT molecular complexity index is 857. The molecule has 1 amide bonds. The minimum Gasteiger partial charge on any atom is -0.494 e. The maximum Gasteiger partial charge on any atom is 0.337 e. The topological polar surface area (TPSA) is 87.7 Å². The van der Waals surface area contributed by atoms with Crippen LogP contribution < -0.4 is 15.4 Å². The molecule has 0 bridgehead atoms. The summed E-state index contributed by atoms with van der Waals surface area (Å²) in [6.07, 6.45) is 1.95. The first-order chi connectivity index (χ1) is 12.9. The number of hydrogen-bond donors (Lipinski definition) is 3. The van der Waals surface area contributed by atoms with Crippen LogP contribution in [0, 0.1) is 0 Å². The highest BCUT2D eigenvalue weighted by molar-refractivity contribution is 7.80. The Balaban J connectivity index is 2.03. The fourth-order valence-electron chi connectivity index (χ4n) is 2.19. The van der Waals surface area contributed by atoms with Crippen molar-refractivity contribution in [3.05, 3.63) is 58.6 Å². The zero-order chi connectivity index (χ0) is 19.8. The number of unbranched alkanes of at least 4 members (excludes halogenated alkanes) is 1. The van der Waals surface area contributed by atoms with Gasteiger partial charge >= 0.3 is 5.97 Å². The predicted octanol–water partition coefficient (Wildman–Crippen LogP) is 4.34. The molecule has 0 heterocycles. The molecule has 0 saturated carbocycles. The maximum atomic E-state index is 12.4. The Morgan fingerprint density at radius 2 is 2.00 bits per heavy atom. The number of carbonyl (C=O) groups is 2. The molecule has 0 unspecified atom stereocenters. The standard InChI is InChI=1S/C19H19ClN2O4S/c1-2-3-9-26-14-6-4-5-12(10-14)17(23)22-19(27)21-16-8-7-13(20)11-15(16)18(24)25/h4-8,10-11H,2-3,9H2,1H3,(H,24,25)(H2,21,22,23,27). The van der Waals surface area contributed by atoms with Crippen molar-refractivity contribution in [3.8, 4) is 5.75 Å². The third-order valence-electron chi connectivity index (χ3n) is 3.55. The number of aromatic carboxylic acids is 1. The summed E-state index contributed by atoms with van der Waals surface area (Å²) in [7, 11) is 0. The number of nitrogens with one attached hydrogen (secondary N) is 2. The molecule has 2 rings (SSSR count). The molecule has 0 aliphatic rings. The molecular weight excluding hydrogens is 388 g/mol. The van der Waals surface area contributed by atoms with Crippen molar-refractivity contribution in [1.29, 1.82) is 0 Å². The number of benzene rings is 2. The summed E-state index contributed by atoms with van der Waals surface area (Å²) in [5, 5.41) is 14.7. The van der Waals surface area contributed by atoms with E-state index in [0.29, 0.717) is 17.9 Å². The van der Waals surface area contributed by atoms with Crippen LogP contribution in [0.15, 0.2) is 42.5 Å². The van der Waals surface area contributed by atoms with Crippen molar-refractivity contribution in [1.82, 2.24) is 5.32 Å². The molecular formula is C19H19ClN2O4S. The van der Waals surface area contributed by atoms with Crippen molar-refractivity contribution in [3.63, 3.8) is 0 Å². The Morgan fingerprint density at radius 1 is 1.22 bits per heavy atom. The Kier molecular flexibility index (Phi) is 7.57. The van der Waals surface area contributed by atoms with Gasteiger partial charge in [0.2, 0.25) is 0 Å². The Morgan fingerprint density at radius 3 is 2.70 bits per heavy atom. The average molecular weight is 407 g/mol. The highest BCUT2D eigenvalue weighted by Crippen LogP contribution is 2.21. The van der Waals surface area contributed by atoms with Crippen LogP contribution >= 0.6 is 23.8 Å². The number of halogens is 1. The van der Waals surface area contributed by atoms with Gasteiger partial charge in [0.15, 0.2) is 5.11 Å². The minimum absolute atomic E-state index is 0.0258. The largest absolute Gasteiger partial charge is 0.494 e. The minimum atomic E-state index is -1.16. The van der Waals surface area contributed by atoms with E-state index in [1.165, 1.54) is 18.2 Å². The number of thiocarbonyl (C=S) groups is 1. The van der Waals surface area contributed by atoms with Crippen LogP contribution in [0.2, 0.25) is 5.02 Å². The predicted molar refractivity (Wildman–Crippen MR) is 109 cm³/mol. The van der Waals surface area contributed by atoms with Crippen molar-refractivity contribution >= 4 is 46.5 Å². The number of ether oxygens (including phenoxy) is 1. The van der Waals surface area contributed by atoms with Gasteiger partial charge in [-0.1, -0.05) is 31.0 Å². The number of carboxylic acid groups (broad SMARTS) is 1. The van der Waals surface area contributed by atoms with Crippen LogP contribution in [0.3, 0.4) is 0 Å².